The predicted octanol–water partition coefficient (Wildman–Crippen LogP) is 0.906. The van der Waals surface area contributed by atoms with E-state index in [1.165, 1.54) is 0 Å². The predicted molar refractivity (Wildman–Crippen MR) is 51.1 cm³/mol. The van der Waals surface area contributed by atoms with Gasteiger partial charge in [-0.1, -0.05) is 0 Å². The van der Waals surface area contributed by atoms with Crippen LogP contribution in [0.25, 0.3) is 11.3 Å². The standard InChI is InChI=1S/C9H12N4/c10-4-3-9-7(6-12-13-9)8-2-1-5-11-8/h1-2,5-6,11H,3-4,10H2,(H,12,13). The van der Waals surface area contributed by atoms with Gasteiger partial charge >= 0.3 is 0 Å². The van der Waals surface area contributed by atoms with Crippen LogP contribution in [-0.2, 0) is 6.42 Å². The van der Waals surface area contributed by atoms with Crippen molar-refractivity contribution in [3.63, 3.8) is 0 Å². The molecule has 0 bridgehead atoms. The van der Waals surface area contributed by atoms with Crippen LogP contribution in [-0.4, -0.2) is 21.7 Å². The molecule has 4 heteroatoms. The quantitative estimate of drug-likeness (QED) is 0.650. The summed E-state index contributed by atoms with van der Waals surface area (Å²) in [4.78, 5) is 3.14. The highest BCUT2D eigenvalue weighted by molar-refractivity contribution is 5.61. The number of nitrogens with zero attached hydrogens (tertiary/aromatic N) is 1. The van der Waals surface area contributed by atoms with Crippen molar-refractivity contribution >= 4 is 0 Å². The van der Waals surface area contributed by atoms with E-state index in [1.807, 2.05) is 24.5 Å². The third-order valence-corrected chi connectivity index (χ3v) is 2.00. The van der Waals surface area contributed by atoms with Gasteiger partial charge in [-0.25, -0.2) is 0 Å². The molecule has 0 aliphatic rings. The van der Waals surface area contributed by atoms with Crippen LogP contribution in [0.2, 0.25) is 0 Å². The molecule has 2 heterocycles. The largest absolute Gasteiger partial charge is 0.361 e. The highest BCUT2D eigenvalue weighted by atomic mass is 15.1. The van der Waals surface area contributed by atoms with Crippen LogP contribution in [0.1, 0.15) is 5.69 Å². The van der Waals surface area contributed by atoms with Gasteiger partial charge in [0.15, 0.2) is 0 Å². The third kappa shape index (κ3) is 1.48. The Morgan fingerprint density at radius 1 is 1.46 bits per heavy atom. The van der Waals surface area contributed by atoms with Crippen molar-refractivity contribution in [2.24, 2.45) is 5.73 Å². The minimum Gasteiger partial charge on any atom is -0.361 e. The molecule has 0 radical (unpaired) electrons. The first-order valence-corrected chi connectivity index (χ1v) is 4.28. The van der Waals surface area contributed by atoms with Gasteiger partial charge in [0.1, 0.15) is 0 Å². The number of nitrogens with two attached hydrogens (primary N) is 1. The first-order chi connectivity index (χ1) is 6.42. The molecule has 0 fully saturated rings. The first kappa shape index (κ1) is 8.07. The SMILES string of the molecule is NCCc1[nH]ncc1-c1ccc[nH]1. The molecule has 0 saturated carbocycles. The lowest BCUT2D eigenvalue weighted by molar-refractivity contribution is 0.902. The number of hydrogen-bond acceptors (Lipinski definition) is 2. The Kier molecular flexibility index (Phi) is 2.14. The second kappa shape index (κ2) is 3.45. The van der Waals surface area contributed by atoms with E-state index < -0.39 is 0 Å². The monoisotopic (exact) mass is 176 g/mol. The molecule has 0 amide bonds. The minimum atomic E-state index is 0.635. The fraction of sp³-hybridized carbons (Fsp3) is 0.222. The second-order valence-electron chi connectivity index (χ2n) is 2.88. The van der Waals surface area contributed by atoms with E-state index in [-0.39, 0.29) is 0 Å². The summed E-state index contributed by atoms with van der Waals surface area (Å²) in [6.07, 6.45) is 4.54. The maximum atomic E-state index is 5.48. The van der Waals surface area contributed by atoms with E-state index in [1.54, 1.807) is 0 Å². The summed E-state index contributed by atoms with van der Waals surface area (Å²) >= 11 is 0. The second-order valence-corrected chi connectivity index (χ2v) is 2.88. The molecule has 4 nitrogen and oxygen atoms in total. The number of H-pyrrole nitrogens is 2. The fourth-order valence-corrected chi connectivity index (χ4v) is 1.38. The Morgan fingerprint density at radius 2 is 2.38 bits per heavy atom. The Hall–Kier alpha value is -1.55. The molecule has 0 aromatic carbocycles. The van der Waals surface area contributed by atoms with Gasteiger partial charge < -0.3 is 10.7 Å². The molecular weight excluding hydrogens is 164 g/mol. The molecule has 0 spiro atoms. The summed E-state index contributed by atoms with van der Waals surface area (Å²) in [6, 6.07) is 3.99. The zero-order valence-electron chi connectivity index (χ0n) is 7.25. The zero-order valence-corrected chi connectivity index (χ0v) is 7.25. The maximum absolute atomic E-state index is 5.48. The molecule has 0 saturated heterocycles. The highest BCUT2D eigenvalue weighted by Crippen LogP contribution is 2.19. The molecule has 0 aliphatic carbocycles. The van der Waals surface area contributed by atoms with Crippen LogP contribution in [0, 0.1) is 0 Å². The summed E-state index contributed by atoms with van der Waals surface area (Å²) in [6.45, 7) is 0.635. The van der Waals surface area contributed by atoms with Crippen molar-refractivity contribution in [3.05, 3.63) is 30.2 Å². The summed E-state index contributed by atoms with van der Waals surface area (Å²) in [5, 5.41) is 6.94. The van der Waals surface area contributed by atoms with Gasteiger partial charge in [0, 0.05) is 29.6 Å². The molecule has 2 aromatic rings. The van der Waals surface area contributed by atoms with E-state index in [9.17, 15) is 0 Å². The van der Waals surface area contributed by atoms with E-state index >= 15 is 0 Å². The van der Waals surface area contributed by atoms with Crippen molar-refractivity contribution in [1.82, 2.24) is 15.2 Å². The van der Waals surface area contributed by atoms with Crippen LogP contribution in [0.5, 0.6) is 0 Å². The van der Waals surface area contributed by atoms with Crippen molar-refractivity contribution < 1.29 is 0 Å². The Balaban J connectivity index is 2.35. The molecule has 0 unspecified atom stereocenters. The molecule has 4 N–H and O–H groups in total. The Labute approximate surface area is 76.2 Å². The smallest absolute Gasteiger partial charge is 0.0583 e. The van der Waals surface area contributed by atoms with Crippen LogP contribution in [0.15, 0.2) is 24.5 Å². The fourth-order valence-electron chi connectivity index (χ4n) is 1.38. The normalized spacial score (nSPS) is 10.5. The summed E-state index contributed by atoms with van der Waals surface area (Å²) < 4.78 is 0. The van der Waals surface area contributed by atoms with E-state index in [2.05, 4.69) is 15.2 Å². The van der Waals surface area contributed by atoms with Gasteiger partial charge in [0.05, 0.1) is 6.20 Å². The topological polar surface area (TPSA) is 70.5 Å². The van der Waals surface area contributed by atoms with Crippen LogP contribution >= 0.6 is 0 Å². The zero-order chi connectivity index (χ0) is 9.10. The Bertz CT molecular complexity index is 361. The number of hydrogen-bond donors (Lipinski definition) is 3. The molecule has 0 aliphatic heterocycles. The third-order valence-electron chi connectivity index (χ3n) is 2.00. The average Bonchev–Trinajstić information content (AvgIpc) is 2.71. The minimum absolute atomic E-state index is 0.635. The van der Waals surface area contributed by atoms with Gasteiger partial charge in [-0.3, -0.25) is 5.10 Å². The van der Waals surface area contributed by atoms with E-state index in [0.717, 1.165) is 23.4 Å². The van der Waals surface area contributed by atoms with Crippen LogP contribution in [0.3, 0.4) is 0 Å². The summed E-state index contributed by atoms with van der Waals surface area (Å²) in [7, 11) is 0. The lowest BCUT2D eigenvalue weighted by atomic mass is 10.1. The van der Waals surface area contributed by atoms with Gasteiger partial charge in [0.25, 0.3) is 0 Å². The van der Waals surface area contributed by atoms with Crippen molar-refractivity contribution in [3.8, 4) is 11.3 Å². The first-order valence-electron chi connectivity index (χ1n) is 4.28. The molecule has 68 valence electrons. The number of aromatic amines is 2. The summed E-state index contributed by atoms with van der Waals surface area (Å²) in [5.74, 6) is 0. The summed E-state index contributed by atoms with van der Waals surface area (Å²) in [5.41, 5.74) is 8.76. The van der Waals surface area contributed by atoms with E-state index in [0.29, 0.717) is 6.54 Å². The van der Waals surface area contributed by atoms with E-state index in [4.69, 9.17) is 5.73 Å². The van der Waals surface area contributed by atoms with Gasteiger partial charge in [-0.05, 0) is 18.7 Å². The molecular formula is C9H12N4. The maximum Gasteiger partial charge on any atom is 0.0583 e. The van der Waals surface area contributed by atoms with Crippen LogP contribution < -0.4 is 5.73 Å². The van der Waals surface area contributed by atoms with Crippen molar-refractivity contribution in [2.45, 2.75) is 6.42 Å². The highest BCUT2D eigenvalue weighted by Gasteiger charge is 2.06. The van der Waals surface area contributed by atoms with Gasteiger partial charge in [-0.2, -0.15) is 5.10 Å². The van der Waals surface area contributed by atoms with Crippen LogP contribution in [0.4, 0.5) is 0 Å². The number of rotatable bonds is 3. The lowest BCUT2D eigenvalue weighted by Gasteiger charge is -1.97. The molecule has 13 heavy (non-hydrogen) atoms. The molecule has 2 aromatic heterocycles. The van der Waals surface area contributed by atoms with Gasteiger partial charge in [0.2, 0.25) is 0 Å². The Morgan fingerprint density at radius 3 is 3.08 bits per heavy atom. The lowest BCUT2D eigenvalue weighted by Crippen LogP contribution is -2.03. The molecule has 2 rings (SSSR count). The average molecular weight is 176 g/mol. The van der Waals surface area contributed by atoms with Crippen molar-refractivity contribution in [1.29, 1.82) is 0 Å². The number of nitrogens with one attached hydrogen (secondary N) is 2. The molecule has 0 atom stereocenters. The number of aromatic nitrogens is 3. The van der Waals surface area contributed by atoms with Gasteiger partial charge in [-0.15, -0.1) is 0 Å². The van der Waals surface area contributed by atoms with Crippen molar-refractivity contribution in [2.75, 3.05) is 6.54 Å².